The minimum atomic E-state index is -4.55. The van der Waals surface area contributed by atoms with Crippen molar-refractivity contribution in [3.63, 3.8) is 0 Å². The molecule has 180 valence electrons. The summed E-state index contributed by atoms with van der Waals surface area (Å²) in [6, 6.07) is 18.4. The molecule has 0 aliphatic carbocycles. The Kier molecular flexibility index (Phi) is 6.77. The number of aromatic nitrogens is 2. The fraction of sp³-hybridized carbons (Fsp3) is 0.154. The number of anilines is 1. The molecule has 4 rings (SSSR count). The molecule has 6 nitrogen and oxygen atoms in total. The summed E-state index contributed by atoms with van der Waals surface area (Å²) in [4.78, 5) is 20.2. The van der Waals surface area contributed by atoms with Crippen molar-refractivity contribution < 1.29 is 27.8 Å². The second-order valence-electron chi connectivity index (χ2n) is 7.91. The number of phenolic OH excluding ortho intramolecular Hbond substituents is 1. The number of phenols is 1. The second kappa shape index (κ2) is 9.92. The van der Waals surface area contributed by atoms with Gasteiger partial charge in [0.2, 0.25) is 5.95 Å². The lowest BCUT2D eigenvalue weighted by Gasteiger charge is -2.08. The minimum Gasteiger partial charge on any atom is -0.508 e. The Balaban J connectivity index is 1.60. The van der Waals surface area contributed by atoms with Crippen LogP contribution in [0.2, 0.25) is 0 Å². The topological polar surface area (TPSA) is 87.2 Å². The zero-order valence-corrected chi connectivity index (χ0v) is 18.7. The number of ether oxygens (including phenoxy) is 1. The molecule has 0 saturated carbocycles. The lowest BCUT2D eigenvalue weighted by molar-refractivity contribution is -0.137. The lowest BCUT2D eigenvalue weighted by Crippen LogP contribution is -2.14. The number of hydrogen-bond acceptors (Lipinski definition) is 4. The fourth-order valence-corrected chi connectivity index (χ4v) is 3.57. The van der Waals surface area contributed by atoms with Gasteiger partial charge in [0.1, 0.15) is 11.5 Å². The molecule has 0 saturated heterocycles. The van der Waals surface area contributed by atoms with Gasteiger partial charge in [0.05, 0.1) is 18.4 Å². The third-order valence-electron chi connectivity index (χ3n) is 5.40. The first-order valence-electron chi connectivity index (χ1n) is 10.7. The lowest BCUT2D eigenvalue weighted by atomic mass is 10.0. The quantitative estimate of drug-likeness (QED) is 0.322. The second-order valence-corrected chi connectivity index (χ2v) is 7.91. The molecular formula is C26H22F3N3O3. The molecule has 0 spiro atoms. The number of alkyl halides is 3. The van der Waals surface area contributed by atoms with E-state index in [2.05, 4.69) is 15.3 Å². The smallest absolute Gasteiger partial charge is 0.416 e. The summed E-state index contributed by atoms with van der Waals surface area (Å²) in [5.41, 5.74) is 2.22. The Morgan fingerprint density at radius 3 is 2.31 bits per heavy atom. The Morgan fingerprint density at radius 2 is 1.66 bits per heavy atom. The van der Waals surface area contributed by atoms with E-state index in [0.717, 1.165) is 34.7 Å². The maximum atomic E-state index is 13.0. The molecule has 35 heavy (non-hydrogen) atoms. The number of methoxy groups -OCH3 is 1. The molecule has 3 aromatic carbocycles. The molecule has 1 heterocycles. The molecule has 1 aromatic heterocycles. The van der Waals surface area contributed by atoms with Gasteiger partial charge in [-0.3, -0.25) is 10.1 Å². The van der Waals surface area contributed by atoms with E-state index in [0.29, 0.717) is 18.5 Å². The van der Waals surface area contributed by atoms with Crippen molar-refractivity contribution in [3.8, 4) is 11.5 Å². The summed E-state index contributed by atoms with van der Waals surface area (Å²) in [5, 5.41) is 12.1. The maximum Gasteiger partial charge on any atom is 0.416 e. The van der Waals surface area contributed by atoms with E-state index < -0.39 is 17.6 Å². The van der Waals surface area contributed by atoms with Gasteiger partial charge in [-0.15, -0.1) is 0 Å². The molecule has 0 aliphatic heterocycles. The van der Waals surface area contributed by atoms with Gasteiger partial charge in [-0.1, -0.05) is 30.3 Å². The standard InChI is InChI=1S/C26H22F3N3O3/c1-35-21-11-7-17(8-12-21)14-23-22(13-16-5-9-20(33)10-6-16)30-25(31-23)32-24(34)18-3-2-4-19(15-18)26(27,28)29/h2-12,15,33H,13-14H2,1H3,(H2,30,31,32,34). The summed E-state index contributed by atoms with van der Waals surface area (Å²) in [6.07, 6.45) is -3.66. The Bertz CT molecular complexity index is 1310. The van der Waals surface area contributed by atoms with Crippen LogP contribution in [0.25, 0.3) is 0 Å². The van der Waals surface area contributed by atoms with Crippen molar-refractivity contribution in [2.45, 2.75) is 19.0 Å². The van der Waals surface area contributed by atoms with Crippen LogP contribution in [0.15, 0.2) is 72.8 Å². The number of halogens is 3. The van der Waals surface area contributed by atoms with Crippen molar-refractivity contribution in [2.24, 2.45) is 0 Å². The molecule has 0 radical (unpaired) electrons. The first kappa shape index (κ1) is 23.9. The highest BCUT2D eigenvalue weighted by Gasteiger charge is 2.31. The molecule has 9 heteroatoms. The zero-order chi connectivity index (χ0) is 25.0. The van der Waals surface area contributed by atoms with Gasteiger partial charge in [0.25, 0.3) is 5.91 Å². The number of carbonyl (C=O) groups excluding carboxylic acids is 1. The summed E-state index contributed by atoms with van der Waals surface area (Å²) >= 11 is 0. The first-order chi connectivity index (χ1) is 16.7. The van der Waals surface area contributed by atoms with Gasteiger partial charge in [-0.05, 0) is 53.6 Å². The van der Waals surface area contributed by atoms with E-state index in [1.165, 1.54) is 12.1 Å². The van der Waals surface area contributed by atoms with Crippen LogP contribution in [0.1, 0.15) is 38.4 Å². The van der Waals surface area contributed by atoms with Gasteiger partial charge in [0, 0.05) is 24.1 Å². The largest absolute Gasteiger partial charge is 0.508 e. The number of rotatable bonds is 7. The number of nitrogens with zero attached hydrogens (tertiary/aromatic N) is 1. The predicted octanol–water partition coefficient (Wildman–Crippen LogP) is 5.58. The number of aromatic hydroxyl groups is 1. The average Bonchev–Trinajstić information content (AvgIpc) is 3.20. The van der Waals surface area contributed by atoms with Crippen molar-refractivity contribution in [2.75, 3.05) is 12.4 Å². The van der Waals surface area contributed by atoms with Gasteiger partial charge >= 0.3 is 6.18 Å². The molecule has 0 aliphatic rings. The van der Waals surface area contributed by atoms with Crippen molar-refractivity contribution in [1.82, 2.24) is 9.97 Å². The van der Waals surface area contributed by atoms with E-state index in [-0.39, 0.29) is 17.3 Å². The number of carbonyl (C=O) groups is 1. The fourth-order valence-electron chi connectivity index (χ4n) is 3.57. The van der Waals surface area contributed by atoms with Crippen LogP contribution in [0.3, 0.4) is 0 Å². The number of H-pyrrole nitrogens is 1. The number of benzene rings is 3. The van der Waals surface area contributed by atoms with Crippen molar-refractivity contribution in [3.05, 3.63) is 106 Å². The van der Waals surface area contributed by atoms with E-state index >= 15 is 0 Å². The summed E-state index contributed by atoms with van der Waals surface area (Å²) in [7, 11) is 1.58. The molecule has 0 fully saturated rings. The molecule has 0 bridgehead atoms. The van der Waals surface area contributed by atoms with Gasteiger partial charge in [-0.25, -0.2) is 4.98 Å². The summed E-state index contributed by atoms with van der Waals surface area (Å²) in [6.45, 7) is 0. The monoisotopic (exact) mass is 481 g/mol. The van der Waals surface area contributed by atoms with E-state index in [4.69, 9.17) is 4.74 Å². The van der Waals surface area contributed by atoms with E-state index in [9.17, 15) is 23.1 Å². The van der Waals surface area contributed by atoms with Crippen LogP contribution in [0.4, 0.5) is 19.1 Å². The van der Waals surface area contributed by atoms with Gasteiger partial charge in [-0.2, -0.15) is 13.2 Å². The molecule has 3 N–H and O–H groups in total. The summed E-state index contributed by atoms with van der Waals surface area (Å²) in [5.74, 6) is 0.279. The van der Waals surface area contributed by atoms with E-state index in [1.54, 1.807) is 31.4 Å². The van der Waals surface area contributed by atoms with Crippen LogP contribution >= 0.6 is 0 Å². The zero-order valence-electron chi connectivity index (χ0n) is 18.7. The van der Waals surface area contributed by atoms with Gasteiger partial charge < -0.3 is 14.8 Å². The number of aromatic amines is 1. The Hall–Kier alpha value is -4.27. The summed E-state index contributed by atoms with van der Waals surface area (Å²) < 4.78 is 44.3. The third kappa shape index (κ3) is 6.00. The molecule has 0 atom stereocenters. The number of nitrogens with one attached hydrogen (secondary N) is 2. The molecule has 4 aromatic rings. The minimum absolute atomic E-state index is 0.129. The SMILES string of the molecule is COc1ccc(Cc2[nH]c(NC(=O)c3cccc(C(F)(F)F)c3)nc2Cc2ccc(O)cc2)cc1. The number of imidazole rings is 1. The Morgan fingerprint density at radius 1 is 1.00 bits per heavy atom. The van der Waals surface area contributed by atoms with E-state index in [1.807, 2.05) is 24.3 Å². The number of hydrogen-bond donors (Lipinski definition) is 3. The highest BCUT2D eigenvalue weighted by Crippen LogP contribution is 2.30. The first-order valence-corrected chi connectivity index (χ1v) is 10.7. The highest BCUT2D eigenvalue weighted by molar-refractivity contribution is 6.03. The third-order valence-corrected chi connectivity index (χ3v) is 5.40. The maximum absolute atomic E-state index is 13.0. The Labute approximate surface area is 199 Å². The molecular weight excluding hydrogens is 459 g/mol. The average molecular weight is 481 g/mol. The predicted molar refractivity (Wildman–Crippen MR) is 125 cm³/mol. The van der Waals surface area contributed by atoms with Crippen LogP contribution < -0.4 is 10.1 Å². The normalized spacial score (nSPS) is 11.3. The van der Waals surface area contributed by atoms with Crippen LogP contribution in [0, 0.1) is 0 Å². The van der Waals surface area contributed by atoms with Crippen LogP contribution in [-0.4, -0.2) is 28.1 Å². The van der Waals surface area contributed by atoms with Crippen molar-refractivity contribution in [1.29, 1.82) is 0 Å². The highest BCUT2D eigenvalue weighted by atomic mass is 19.4. The van der Waals surface area contributed by atoms with Crippen LogP contribution in [-0.2, 0) is 19.0 Å². The molecule has 1 amide bonds. The van der Waals surface area contributed by atoms with Gasteiger partial charge in [0.15, 0.2) is 0 Å². The van der Waals surface area contributed by atoms with Crippen molar-refractivity contribution >= 4 is 11.9 Å². The van der Waals surface area contributed by atoms with Crippen LogP contribution in [0.5, 0.6) is 11.5 Å². The molecule has 0 unspecified atom stereocenters. The number of amides is 1.